The molecule has 3 atom stereocenters. The highest BCUT2D eigenvalue weighted by Crippen LogP contribution is 2.48. The van der Waals surface area contributed by atoms with Gasteiger partial charge in [-0.2, -0.15) is 0 Å². The summed E-state index contributed by atoms with van der Waals surface area (Å²) in [6.07, 6.45) is 13.4. The van der Waals surface area contributed by atoms with Crippen molar-refractivity contribution in [1.29, 1.82) is 0 Å². The molecular weight excluding hydrogens is 232 g/mol. The van der Waals surface area contributed by atoms with E-state index < -0.39 is 0 Å². The van der Waals surface area contributed by atoms with E-state index >= 15 is 0 Å². The Morgan fingerprint density at radius 3 is 2.68 bits per heavy atom. The molecule has 2 nitrogen and oxygen atoms in total. The van der Waals surface area contributed by atoms with E-state index in [-0.39, 0.29) is 0 Å². The molecular formula is C17H30N2. The van der Waals surface area contributed by atoms with Crippen LogP contribution in [0.1, 0.15) is 57.8 Å². The summed E-state index contributed by atoms with van der Waals surface area (Å²) >= 11 is 0. The summed E-state index contributed by atoms with van der Waals surface area (Å²) in [6.45, 7) is 5.38. The van der Waals surface area contributed by atoms with Crippen molar-refractivity contribution in [1.82, 2.24) is 10.2 Å². The summed E-state index contributed by atoms with van der Waals surface area (Å²) in [7, 11) is 0. The molecule has 0 aromatic rings. The van der Waals surface area contributed by atoms with E-state index in [9.17, 15) is 0 Å². The second kappa shape index (κ2) is 5.04. The summed E-state index contributed by atoms with van der Waals surface area (Å²) in [4.78, 5) is 2.84. The maximum absolute atomic E-state index is 3.90. The van der Waals surface area contributed by atoms with Crippen molar-refractivity contribution in [3.05, 3.63) is 0 Å². The van der Waals surface area contributed by atoms with Crippen molar-refractivity contribution >= 4 is 0 Å². The Labute approximate surface area is 118 Å². The van der Waals surface area contributed by atoms with Crippen LogP contribution in [0.5, 0.6) is 0 Å². The van der Waals surface area contributed by atoms with E-state index in [4.69, 9.17) is 0 Å². The van der Waals surface area contributed by atoms with E-state index in [2.05, 4.69) is 10.2 Å². The Hall–Kier alpha value is -0.0800. The molecule has 2 bridgehead atoms. The number of rotatable bonds is 2. The van der Waals surface area contributed by atoms with Gasteiger partial charge in [-0.25, -0.2) is 0 Å². The minimum Gasteiger partial charge on any atom is -0.310 e. The third kappa shape index (κ3) is 2.47. The van der Waals surface area contributed by atoms with Crippen molar-refractivity contribution in [3.8, 4) is 0 Å². The van der Waals surface area contributed by atoms with E-state index in [1.165, 1.54) is 58.3 Å². The first-order chi connectivity index (χ1) is 9.33. The maximum atomic E-state index is 3.90. The lowest BCUT2D eigenvalue weighted by Gasteiger charge is -2.36. The highest BCUT2D eigenvalue weighted by atomic mass is 15.2. The van der Waals surface area contributed by atoms with Crippen molar-refractivity contribution in [3.63, 3.8) is 0 Å². The monoisotopic (exact) mass is 262 g/mol. The average molecular weight is 262 g/mol. The van der Waals surface area contributed by atoms with Crippen LogP contribution in [0, 0.1) is 17.8 Å². The van der Waals surface area contributed by atoms with E-state index in [0.717, 1.165) is 17.8 Å². The van der Waals surface area contributed by atoms with Crippen LogP contribution in [-0.4, -0.2) is 36.6 Å². The molecule has 108 valence electrons. The second-order valence-corrected chi connectivity index (χ2v) is 7.94. The smallest absolute Gasteiger partial charge is 0.0308 e. The Morgan fingerprint density at radius 2 is 1.95 bits per heavy atom. The third-order valence-electron chi connectivity index (χ3n) is 6.62. The van der Waals surface area contributed by atoms with Crippen LogP contribution in [-0.2, 0) is 0 Å². The van der Waals surface area contributed by atoms with Crippen LogP contribution >= 0.6 is 0 Å². The fourth-order valence-corrected chi connectivity index (χ4v) is 5.69. The minimum atomic E-state index is 0.508. The third-order valence-corrected chi connectivity index (χ3v) is 6.62. The summed E-state index contributed by atoms with van der Waals surface area (Å²) in [5.74, 6) is 3.26. The molecule has 4 aliphatic rings. The Balaban J connectivity index is 1.39. The normalized spacial score (nSPS) is 42.0. The highest BCUT2D eigenvalue weighted by molar-refractivity contribution is 4.98. The predicted octanol–water partition coefficient (Wildman–Crippen LogP) is 3.03. The summed E-state index contributed by atoms with van der Waals surface area (Å²) in [5, 5.41) is 3.90. The van der Waals surface area contributed by atoms with Crippen LogP contribution in [0.25, 0.3) is 0 Å². The zero-order valence-electron chi connectivity index (χ0n) is 12.4. The SMILES string of the molecule is C1CNC2(CCCC2)CN(CC2CC3CCC2C3)C1. The number of nitrogens with zero attached hydrogens (tertiary/aromatic N) is 1. The van der Waals surface area contributed by atoms with E-state index in [0.29, 0.717) is 5.54 Å². The largest absolute Gasteiger partial charge is 0.310 e. The molecule has 1 saturated heterocycles. The number of hydrogen-bond acceptors (Lipinski definition) is 2. The zero-order chi connectivity index (χ0) is 12.7. The van der Waals surface area contributed by atoms with Crippen molar-refractivity contribution in [2.45, 2.75) is 63.3 Å². The molecule has 3 unspecified atom stereocenters. The maximum Gasteiger partial charge on any atom is 0.0308 e. The van der Waals surface area contributed by atoms with Gasteiger partial charge in [0.25, 0.3) is 0 Å². The molecule has 3 aliphatic carbocycles. The van der Waals surface area contributed by atoms with Gasteiger partial charge in [0.05, 0.1) is 0 Å². The van der Waals surface area contributed by atoms with Crippen LogP contribution in [0.3, 0.4) is 0 Å². The number of fused-ring (bicyclic) bond motifs is 2. The molecule has 1 N–H and O–H groups in total. The molecule has 3 saturated carbocycles. The van der Waals surface area contributed by atoms with Gasteiger partial charge in [-0.1, -0.05) is 19.3 Å². The summed E-state index contributed by atoms with van der Waals surface area (Å²) < 4.78 is 0. The van der Waals surface area contributed by atoms with Crippen LogP contribution in [0.15, 0.2) is 0 Å². The van der Waals surface area contributed by atoms with E-state index in [1.54, 1.807) is 25.7 Å². The Morgan fingerprint density at radius 1 is 1.05 bits per heavy atom. The van der Waals surface area contributed by atoms with Gasteiger partial charge in [0.2, 0.25) is 0 Å². The van der Waals surface area contributed by atoms with Gasteiger partial charge in [0.15, 0.2) is 0 Å². The quantitative estimate of drug-likeness (QED) is 0.823. The molecule has 19 heavy (non-hydrogen) atoms. The number of nitrogens with one attached hydrogen (secondary N) is 1. The lowest BCUT2D eigenvalue weighted by atomic mass is 9.88. The summed E-state index contributed by atoms with van der Waals surface area (Å²) in [5.41, 5.74) is 0.508. The topological polar surface area (TPSA) is 15.3 Å². The molecule has 0 amide bonds. The first kappa shape index (κ1) is 12.6. The molecule has 1 spiro atoms. The molecule has 1 aliphatic heterocycles. The van der Waals surface area contributed by atoms with Gasteiger partial charge in [-0.05, 0) is 69.4 Å². The fourth-order valence-electron chi connectivity index (χ4n) is 5.69. The fraction of sp³-hybridized carbons (Fsp3) is 1.00. The molecule has 4 rings (SSSR count). The van der Waals surface area contributed by atoms with Gasteiger partial charge in [-0.15, -0.1) is 0 Å². The number of hydrogen-bond donors (Lipinski definition) is 1. The lowest BCUT2D eigenvalue weighted by Crippen LogP contribution is -2.50. The van der Waals surface area contributed by atoms with Crippen molar-refractivity contribution in [2.24, 2.45) is 17.8 Å². The molecule has 2 heteroatoms. The standard InChI is InChI=1S/C17H30N2/c1-2-7-17(6-1)13-19(9-3-8-18-17)12-16-11-14-4-5-15(16)10-14/h14-16,18H,1-13H2. The average Bonchev–Trinajstić information content (AvgIpc) is 3.08. The van der Waals surface area contributed by atoms with Crippen LogP contribution < -0.4 is 5.32 Å². The van der Waals surface area contributed by atoms with Crippen LogP contribution in [0.4, 0.5) is 0 Å². The van der Waals surface area contributed by atoms with Crippen LogP contribution in [0.2, 0.25) is 0 Å². The highest BCUT2D eigenvalue weighted by Gasteiger charge is 2.42. The predicted molar refractivity (Wildman–Crippen MR) is 79.2 cm³/mol. The first-order valence-electron chi connectivity index (χ1n) is 8.80. The van der Waals surface area contributed by atoms with Gasteiger partial charge in [-0.3, -0.25) is 0 Å². The summed E-state index contributed by atoms with van der Waals surface area (Å²) in [6, 6.07) is 0. The Kier molecular flexibility index (Phi) is 3.35. The molecule has 0 radical (unpaired) electrons. The van der Waals surface area contributed by atoms with Gasteiger partial charge < -0.3 is 10.2 Å². The first-order valence-corrected chi connectivity index (χ1v) is 8.80. The van der Waals surface area contributed by atoms with E-state index in [1.807, 2.05) is 0 Å². The molecule has 1 heterocycles. The van der Waals surface area contributed by atoms with Crippen molar-refractivity contribution in [2.75, 3.05) is 26.2 Å². The molecule has 0 aromatic carbocycles. The molecule has 0 aromatic heterocycles. The second-order valence-electron chi connectivity index (χ2n) is 7.94. The lowest BCUT2D eigenvalue weighted by molar-refractivity contribution is 0.159. The molecule has 4 fully saturated rings. The van der Waals surface area contributed by atoms with Crippen molar-refractivity contribution < 1.29 is 0 Å². The zero-order valence-corrected chi connectivity index (χ0v) is 12.4. The van der Waals surface area contributed by atoms with Gasteiger partial charge >= 0.3 is 0 Å². The minimum absolute atomic E-state index is 0.508. The van der Waals surface area contributed by atoms with Gasteiger partial charge in [0.1, 0.15) is 0 Å². The Bertz CT molecular complexity index is 321. The van der Waals surface area contributed by atoms with Gasteiger partial charge in [0, 0.05) is 18.6 Å².